The normalized spacial score (nSPS) is 12.0. The summed E-state index contributed by atoms with van der Waals surface area (Å²) >= 11 is 0. The Bertz CT molecular complexity index is 1240. The molecule has 8 heteroatoms. The van der Waals surface area contributed by atoms with Crippen LogP contribution in [0.2, 0.25) is 0 Å². The fraction of sp³-hybridized carbons (Fsp3) is 0.111. The first-order valence-corrected chi connectivity index (χ1v) is 9.81. The number of aromatic nitrogens is 3. The number of nitrogen functional groups attached to an aromatic ring is 2. The minimum Gasteiger partial charge on any atom is -0.383 e. The third kappa shape index (κ3) is 2.74. The number of rotatable bonds is 3. The number of benzene rings is 2. The number of hydrogen-bond acceptors (Lipinski definition) is 6. The summed E-state index contributed by atoms with van der Waals surface area (Å²) in [5, 5.41) is 1.73. The summed E-state index contributed by atoms with van der Waals surface area (Å²) < 4.78 is 25.2. The standard InChI is InChI=1S/C18H17N5O2S/c1-26(24,25)12-4-2-11(3-5-12)10-23-9-8-13-15(23)7-6-14-16(13)17(19)22-18(20)21-14/h2-9H,10H2,1H3,(H4,19,20,21,22). The van der Waals surface area contributed by atoms with Crippen LogP contribution < -0.4 is 11.5 Å². The molecule has 4 aromatic rings. The van der Waals surface area contributed by atoms with Crippen LogP contribution in [-0.2, 0) is 16.4 Å². The molecule has 0 aliphatic heterocycles. The van der Waals surface area contributed by atoms with E-state index in [1.54, 1.807) is 12.1 Å². The number of hydrogen-bond donors (Lipinski definition) is 2. The molecular formula is C18H17N5O2S. The second-order valence-electron chi connectivity index (χ2n) is 6.22. The van der Waals surface area contributed by atoms with E-state index in [0.29, 0.717) is 22.8 Å². The van der Waals surface area contributed by atoms with E-state index in [-0.39, 0.29) is 5.95 Å². The Balaban J connectivity index is 1.77. The van der Waals surface area contributed by atoms with E-state index in [9.17, 15) is 8.42 Å². The first kappa shape index (κ1) is 16.3. The lowest BCUT2D eigenvalue weighted by molar-refractivity contribution is 0.602. The molecule has 4 N–H and O–H groups in total. The molecule has 2 aromatic carbocycles. The zero-order valence-corrected chi connectivity index (χ0v) is 14.9. The van der Waals surface area contributed by atoms with E-state index in [2.05, 4.69) is 14.5 Å². The fourth-order valence-corrected chi connectivity index (χ4v) is 3.76. The van der Waals surface area contributed by atoms with Gasteiger partial charge in [0.05, 0.1) is 15.8 Å². The second kappa shape index (κ2) is 5.70. The smallest absolute Gasteiger partial charge is 0.222 e. The highest BCUT2D eigenvalue weighted by atomic mass is 32.2. The van der Waals surface area contributed by atoms with Crippen LogP contribution in [0.4, 0.5) is 11.8 Å². The predicted molar refractivity (Wildman–Crippen MR) is 103 cm³/mol. The average Bonchev–Trinajstić information content (AvgIpc) is 2.97. The lowest BCUT2D eigenvalue weighted by Gasteiger charge is -2.08. The van der Waals surface area contributed by atoms with Crippen molar-refractivity contribution in [3.05, 3.63) is 54.2 Å². The van der Waals surface area contributed by atoms with Gasteiger partial charge in [0.25, 0.3) is 0 Å². The molecule has 2 aromatic heterocycles. The van der Waals surface area contributed by atoms with Gasteiger partial charge in [-0.15, -0.1) is 0 Å². The molecule has 2 heterocycles. The predicted octanol–water partition coefficient (Wildman–Crippen LogP) is 2.20. The van der Waals surface area contributed by atoms with E-state index >= 15 is 0 Å². The highest BCUT2D eigenvalue weighted by Crippen LogP contribution is 2.29. The summed E-state index contributed by atoms with van der Waals surface area (Å²) in [5.41, 5.74) is 14.4. The first-order valence-electron chi connectivity index (χ1n) is 7.92. The monoisotopic (exact) mass is 367 g/mol. The summed E-state index contributed by atoms with van der Waals surface area (Å²) in [5.74, 6) is 0.508. The van der Waals surface area contributed by atoms with Crippen LogP contribution in [0.15, 0.2) is 53.6 Å². The van der Waals surface area contributed by atoms with Crippen molar-refractivity contribution in [1.29, 1.82) is 0 Å². The minimum absolute atomic E-state index is 0.153. The van der Waals surface area contributed by atoms with E-state index in [1.807, 2.05) is 36.5 Å². The molecule has 0 spiro atoms. The highest BCUT2D eigenvalue weighted by molar-refractivity contribution is 7.90. The third-order valence-corrected chi connectivity index (χ3v) is 5.49. The Kier molecular flexibility index (Phi) is 3.58. The SMILES string of the molecule is CS(=O)(=O)c1ccc(Cn2ccc3c4c(N)nc(N)nc4ccc32)cc1. The molecule has 0 fully saturated rings. The molecule has 0 unspecified atom stereocenters. The van der Waals surface area contributed by atoms with Crippen LogP contribution in [0, 0.1) is 0 Å². The fourth-order valence-electron chi connectivity index (χ4n) is 3.13. The molecule has 0 aliphatic carbocycles. The molecule has 0 bridgehead atoms. The Morgan fingerprint density at radius 2 is 1.73 bits per heavy atom. The van der Waals surface area contributed by atoms with Crippen LogP contribution in [0.3, 0.4) is 0 Å². The first-order chi connectivity index (χ1) is 12.3. The van der Waals surface area contributed by atoms with Crippen molar-refractivity contribution >= 4 is 43.4 Å². The minimum atomic E-state index is -3.19. The number of nitrogens with zero attached hydrogens (tertiary/aromatic N) is 3. The van der Waals surface area contributed by atoms with E-state index in [1.165, 1.54) is 6.26 Å². The molecule has 0 saturated carbocycles. The lowest BCUT2D eigenvalue weighted by Crippen LogP contribution is -2.02. The molecule has 0 amide bonds. The molecule has 0 aliphatic rings. The van der Waals surface area contributed by atoms with E-state index in [4.69, 9.17) is 11.5 Å². The molecule has 0 radical (unpaired) electrons. The van der Waals surface area contributed by atoms with Crippen LogP contribution >= 0.6 is 0 Å². The number of sulfone groups is 1. The maximum atomic E-state index is 11.6. The topological polar surface area (TPSA) is 117 Å². The van der Waals surface area contributed by atoms with Gasteiger partial charge in [-0.1, -0.05) is 12.1 Å². The molecule has 132 valence electrons. The molecule has 0 saturated heterocycles. The van der Waals surface area contributed by atoms with Gasteiger partial charge in [0.2, 0.25) is 5.95 Å². The van der Waals surface area contributed by atoms with Crippen molar-refractivity contribution < 1.29 is 8.42 Å². The van der Waals surface area contributed by atoms with Crippen LogP contribution in [0.25, 0.3) is 21.8 Å². The number of nitrogens with two attached hydrogens (primary N) is 2. The van der Waals surface area contributed by atoms with Gasteiger partial charge in [0.15, 0.2) is 9.84 Å². The Hall–Kier alpha value is -3.13. The molecule has 7 nitrogen and oxygen atoms in total. The summed E-state index contributed by atoms with van der Waals surface area (Å²) in [6.07, 6.45) is 3.16. The zero-order valence-electron chi connectivity index (χ0n) is 14.0. The third-order valence-electron chi connectivity index (χ3n) is 4.36. The van der Waals surface area contributed by atoms with Crippen molar-refractivity contribution in [2.24, 2.45) is 0 Å². The van der Waals surface area contributed by atoms with Crippen molar-refractivity contribution in [2.45, 2.75) is 11.4 Å². The summed E-state index contributed by atoms with van der Waals surface area (Å²) in [4.78, 5) is 8.60. The van der Waals surface area contributed by atoms with Gasteiger partial charge >= 0.3 is 0 Å². The lowest BCUT2D eigenvalue weighted by atomic mass is 10.1. The van der Waals surface area contributed by atoms with Crippen molar-refractivity contribution in [1.82, 2.24) is 14.5 Å². The van der Waals surface area contributed by atoms with E-state index < -0.39 is 9.84 Å². The summed E-state index contributed by atoms with van der Waals surface area (Å²) in [6, 6.07) is 12.7. The van der Waals surface area contributed by atoms with Gasteiger partial charge < -0.3 is 16.0 Å². The highest BCUT2D eigenvalue weighted by Gasteiger charge is 2.11. The largest absolute Gasteiger partial charge is 0.383 e. The van der Waals surface area contributed by atoms with E-state index in [0.717, 1.165) is 21.9 Å². The van der Waals surface area contributed by atoms with Crippen molar-refractivity contribution in [3.63, 3.8) is 0 Å². The van der Waals surface area contributed by atoms with Crippen molar-refractivity contribution in [3.8, 4) is 0 Å². The maximum absolute atomic E-state index is 11.6. The van der Waals surface area contributed by atoms with Crippen LogP contribution in [0.5, 0.6) is 0 Å². The van der Waals surface area contributed by atoms with Gasteiger partial charge in [-0.3, -0.25) is 0 Å². The number of fused-ring (bicyclic) bond motifs is 3. The maximum Gasteiger partial charge on any atom is 0.222 e. The Morgan fingerprint density at radius 3 is 2.42 bits per heavy atom. The van der Waals surface area contributed by atoms with Gasteiger partial charge in [-0.25, -0.2) is 13.4 Å². The second-order valence-corrected chi connectivity index (χ2v) is 8.24. The summed E-state index contributed by atoms with van der Waals surface area (Å²) in [7, 11) is -3.19. The Morgan fingerprint density at radius 1 is 1.00 bits per heavy atom. The van der Waals surface area contributed by atoms with Gasteiger partial charge in [-0.2, -0.15) is 4.98 Å². The Labute approximate surface area is 150 Å². The molecule has 4 rings (SSSR count). The molecular weight excluding hydrogens is 350 g/mol. The molecule has 0 atom stereocenters. The van der Waals surface area contributed by atoms with Crippen LogP contribution in [-0.4, -0.2) is 29.2 Å². The van der Waals surface area contributed by atoms with Gasteiger partial charge in [0.1, 0.15) is 5.82 Å². The van der Waals surface area contributed by atoms with Gasteiger partial charge in [0, 0.05) is 29.9 Å². The quantitative estimate of drug-likeness (QED) is 0.573. The van der Waals surface area contributed by atoms with Crippen LogP contribution in [0.1, 0.15) is 5.56 Å². The van der Waals surface area contributed by atoms with Crippen molar-refractivity contribution in [2.75, 3.05) is 17.7 Å². The molecule has 26 heavy (non-hydrogen) atoms. The number of anilines is 2. The average molecular weight is 367 g/mol. The zero-order chi connectivity index (χ0) is 18.5. The summed E-state index contributed by atoms with van der Waals surface area (Å²) in [6.45, 7) is 0.606. The van der Waals surface area contributed by atoms with Gasteiger partial charge in [-0.05, 0) is 35.9 Å².